The van der Waals surface area contributed by atoms with Crippen LogP contribution in [0.25, 0.3) is 0 Å². The van der Waals surface area contributed by atoms with Gasteiger partial charge in [0.15, 0.2) is 5.69 Å². The van der Waals surface area contributed by atoms with Crippen LogP contribution in [0.1, 0.15) is 46.9 Å². The van der Waals surface area contributed by atoms with E-state index in [1.54, 1.807) is 18.2 Å². The van der Waals surface area contributed by atoms with Gasteiger partial charge >= 0.3 is 0 Å². The molecule has 0 aliphatic heterocycles. The molecule has 0 bridgehead atoms. The molecule has 3 aromatic rings. The van der Waals surface area contributed by atoms with Crippen LogP contribution in [0, 0.1) is 0 Å². The maximum Gasteiger partial charge on any atom is 0.273 e. The van der Waals surface area contributed by atoms with Crippen molar-refractivity contribution in [1.29, 1.82) is 0 Å². The molecule has 3 aromatic heterocycles. The lowest BCUT2D eigenvalue weighted by molar-refractivity contribution is -0.134. The highest BCUT2D eigenvalue weighted by molar-refractivity contribution is 5.91. The van der Waals surface area contributed by atoms with Gasteiger partial charge in [-0.15, -0.1) is 10.2 Å². The molecule has 4 rings (SSSR count). The highest BCUT2D eigenvalue weighted by Gasteiger charge is 2.47. The molecular formula is C24H27F3N8O3. The third-order valence-corrected chi connectivity index (χ3v) is 6.00. The summed E-state index contributed by atoms with van der Waals surface area (Å²) >= 11 is 0. The Morgan fingerprint density at radius 1 is 1.26 bits per heavy atom. The zero-order chi connectivity index (χ0) is 27.1. The van der Waals surface area contributed by atoms with Crippen LogP contribution < -0.4 is 15.4 Å². The lowest BCUT2D eigenvalue weighted by Gasteiger charge is -2.34. The number of hydrogen-bond acceptors (Lipinski definition) is 9. The van der Waals surface area contributed by atoms with Crippen molar-refractivity contribution in [3.63, 3.8) is 0 Å². The van der Waals surface area contributed by atoms with Crippen molar-refractivity contribution in [3.8, 4) is 5.75 Å². The third-order valence-electron chi connectivity index (χ3n) is 6.00. The largest absolute Gasteiger partial charge is 0.488 e. The van der Waals surface area contributed by atoms with E-state index >= 15 is 0 Å². The Bertz CT molecular complexity index is 1230. The molecule has 38 heavy (non-hydrogen) atoms. The summed E-state index contributed by atoms with van der Waals surface area (Å²) in [7, 11) is 1.47. The number of rotatable bonds is 13. The summed E-state index contributed by atoms with van der Waals surface area (Å²) in [6, 6.07) is 5.01. The van der Waals surface area contributed by atoms with Crippen molar-refractivity contribution in [2.45, 2.75) is 56.3 Å². The van der Waals surface area contributed by atoms with Gasteiger partial charge < -0.3 is 20.2 Å². The molecule has 2 N–H and O–H groups in total. The minimum atomic E-state index is -2.69. The second-order valence-corrected chi connectivity index (χ2v) is 9.03. The maximum atomic E-state index is 14.4. The first kappa shape index (κ1) is 26.9. The lowest BCUT2D eigenvalue weighted by atomic mass is 9.91. The number of hydrogen-bond donors (Lipinski definition) is 2. The van der Waals surface area contributed by atoms with Crippen molar-refractivity contribution < 1.29 is 27.5 Å². The van der Waals surface area contributed by atoms with Gasteiger partial charge in [-0.2, -0.15) is 5.10 Å². The summed E-state index contributed by atoms with van der Waals surface area (Å²) in [6.07, 6.45) is 3.13. The predicted octanol–water partition coefficient (Wildman–Crippen LogP) is 2.36. The number of nitrogens with one attached hydrogen (secondary N) is 2. The highest BCUT2D eigenvalue weighted by Crippen LogP contribution is 2.39. The molecule has 1 aliphatic carbocycles. The van der Waals surface area contributed by atoms with E-state index in [0.717, 1.165) is 6.29 Å². The number of carbonyl (C=O) groups excluding carboxylic acids is 2. The lowest BCUT2D eigenvalue weighted by Crippen LogP contribution is -2.43. The van der Waals surface area contributed by atoms with E-state index in [2.05, 4.69) is 36.1 Å². The number of aromatic nitrogens is 6. The van der Waals surface area contributed by atoms with Gasteiger partial charge in [-0.3, -0.25) is 9.78 Å². The minimum absolute atomic E-state index is 0.0433. The van der Waals surface area contributed by atoms with Gasteiger partial charge in [0.1, 0.15) is 30.1 Å². The van der Waals surface area contributed by atoms with Crippen LogP contribution in [0.15, 0.2) is 36.8 Å². The summed E-state index contributed by atoms with van der Waals surface area (Å²) in [4.78, 5) is 27.3. The van der Waals surface area contributed by atoms with Gasteiger partial charge in [-0.1, -0.05) is 5.21 Å². The number of halogens is 3. The fourth-order valence-electron chi connectivity index (χ4n) is 3.85. The number of carbonyl (C=O) groups is 2. The van der Waals surface area contributed by atoms with Crippen LogP contribution in [0.2, 0.25) is 0 Å². The maximum absolute atomic E-state index is 14.4. The van der Waals surface area contributed by atoms with Crippen molar-refractivity contribution in [2.75, 3.05) is 18.9 Å². The second-order valence-electron chi connectivity index (χ2n) is 9.03. The SMILES string of the molecule is CNC(=O)c1cn(CC(F)CCc2ccc(NCC(C=O)c3cncc(OC4CC(F)(F)C4)c3)nn2)nn1. The predicted molar refractivity (Wildman–Crippen MR) is 129 cm³/mol. The Kier molecular flexibility index (Phi) is 8.48. The molecule has 2 unspecified atom stereocenters. The third kappa shape index (κ3) is 7.23. The van der Waals surface area contributed by atoms with E-state index < -0.39 is 30.0 Å². The number of aldehydes is 1. The molecule has 1 amide bonds. The van der Waals surface area contributed by atoms with Crippen LogP contribution in [-0.4, -0.2) is 74.2 Å². The average Bonchev–Trinajstić information content (AvgIpc) is 3.35. The summed E-state index contributed by atoms with van der Waals surface area (Å²) in [6.45, 7) is 0.158. The molecule has 1 aliphatic rings. The fraction of sp³-hybridized carbons (Fsp3) is 0.458. The van der Waals surface area contributed by atoms with Gasteiger partial charge in [0, 0.05) is 32.6 Å². The van der Waals surface area contributed by atoms with Crippen molar-refractivity contribution in [3.05, 3.63) is 53.7 Å². The molecule has 1 fully saturated rings. The van der Waals surface area contributed by atoms with E-state index in [0.29, 0.717) is 29.2 Å². The Balaban J connectivity index is 1.23. The normalized spacial score (nSPS) is 16.2. The van der Waals surface area contributed by atoms with Crippen molar-refractivity contribution in [2.24, 2.45) is 0 Å². The molecule has 202 valence electrons. The van der Waals surface area contributed by atoms with Gasteiger partial charge in [-0.05, 0) is 36.6 Å². The molecule has 1 saturated carbocycles. The van der Waals surface area contributed by atoms with Gasteiger partial charge in [-0.25, -0.2) is 17.9 Å². The molecule has 3 heterocycles. The molecular weight excluding hydrogens is 505 g/mol. The zero-order valence-electron chi connectivity index (χ0n) is 20.6. The Morgan fingerprint density at radius 2 is 2.08 bits per heavy atom. The Morgan fingerprint density at radius 3 is 2.76 bits per heavy atom. The quantitative estimate of drug-likeness (QED) is 0.318. The first-order valence-electron chi connectivity index (χ1n) is 12.0. The molecule has 0 radical (unpaired) electrons. The number of aryl methyl sites for hydroxylation is 1. The topological polar surface area (TPSA) is 137 Å². The standard InChI is InChI=1S/C24H27F3N8O3/c1-28-23(37)21-13-35(34-32-21)12-17(25)2-3-18-4-5-22(33-31-18)30-10-16(14-36)15-6-19(11-29-9-15)38-20-7-24(26,27)8-20/h4-6,9,11,13-14,16-17,20H,2-3,7-8,10,12H2,1H3,(H,28,37)(H,30,33). The minimum Gasteiger partial charge on any atom is -0.488 e. The Hall–Kier alpha value is -4.10. The molecule has 0 spiro atoms. The monoisotopic (exact) mass is 532 g/mol. The van der Waals surface area contributed by atoms with Crippen LogP contribution >= 0.6 is 0 Å². The molecule has 2 atom stereocenters. The number of anilines is 1. The van der Waals surface area contributed by atoms with E-state index in [1.807, 2.05) is 0 Å². The summed E-state index contributed by atoms with van der Waals surface area (Å²) in [5.74, 6) is -2.90. The van der Waals surface area contributed by atoms with Gasteiger partial charge in [0.05, 0.1) is 30.6 Å². The number of nitrogens with zero attached hydrogens (tertiary/aromatic N) is 6. The fourth-order valence-corrected chi connectivity index (χ4v) is 3.85. The highest BCUT2D eigenvalue weighted by atomic mass is 19.3. The van der Waals surface area contributed by atoms with E-state index in [4.69, 9.17) is 4.74 Å². The van der Waals surface area contributed by atoms with Crippen LogP contribution in [-0.2, 0) is 17.8 Å². The first-order chi connectivity index (χ1) is 18.2. The zero-order valence-corrected chi connectivity index (χ0v) is 20.6. The van der Waals surface area contributed by atoms with Crippen LogP contribution in [0.5, 0.6) is 5.75 Å². The average molecular weight is 533 g/mol. The van der Waals surface area contributed by atoms with Gasteiger partial charge in [0.25, 0.3) is 11.8 Å². The number of ether oxygens (including phenoxy) is 1. The molecule has 0 saturated heterocycles. The Labute approximate surface area is 216 Å². The smallest absolute Gasteiger partial charge is 0.273 e. The summed E-state index contributed by atoms with van der Waals surface area (Å²) < 4.78 is 47.3. The van der Waals surface area contributed by atoms with E-state index in [-0.39, 0.29) is 38.0 Å². The van der Waals surface area contributed by atoms with Crippen molar-refractivity contribution in [1.82, 2.24) is 35.5 Å². The number of amides is 1. The van der Waals surface area contributed by atoms with Crippen LogP contribution in [0.4, 0.5) is 19.0 Å². The summed E-state index contributed by atoms with van der Waals surface area (Å²) in [5, 5.41) is 21.1. The molecule has 0 aromatic carbocycles. The van der Waals surface area contributed by atoms with E-state index in [1.165, 1.54) is 30.3 Å². The van der Waals surface area contributed by atoms with Gasteiger partial charge in [0.2, 0.25) is 0 Å². The van der Waals surface area contributed by atoms with Crippen LogP contribution in [0.3, 0.4) is 0 Å². The number of alkyl halides is 3. The second kappa shape index (κ2) is 12.0. The first-order valence-corrected chi connectivity index (χ1v) is 12.0. The van der Waals surface area contributed by atoms with Crippen molar-refractivity contribution >= 4 is 18.0 Å². The molecule has 14 heteroatoms. The summed E-state index contributed by atoms with van der Waals surface area (Å²) in [5.41, 5.74) is 1.28. The molecule has 11 nitrogen and oxygen atoms in total. The number of pyridine rings is 1. The van der Waals surface area contributed by atoms with E-state index in [9.17, 15) is 22.8 Å².